The molecule has 32 heavy (non-hydrogen) atoms. The summed E-state index contributed by atoms with van der Waals surface area (Å²) in [6, 6.07) is 0. The summed E-state index contributed by atoms with van der Waals surface area (Å²) in [5.41, 5.74) is 0.537. The first-order valence-corrected chi connectivity index (χ1v) is 14.0. The van der Waals surface area contributed by atoms with Gasteiger partial charge in [-0.1, -0.05) is 46.5 Å². The van der Waals surface area contributed by atoms with Crippen molar-refractivity contribution in [2.75, 3.05) is 0 Å². The normalized spacial score (nSPS) is 48.5. The monoisotopic (exact) mass is 442 g/mol. The molecule has 180 valence electrons. The highest BCUT2D eigenvalue weighted by atomic mass is 16.5. The standard InChI is InChI=1S/C29H46O3/c1-19-4-6-20(7-5-19)8-13-27(31)32-26-12-11-24-23-10-9-21-18-22(30)14-16-28(21,2)25(23)15-17-29(24,26)3/h19-21,23-26H,4-18H2,1-3H3/t19?,20?,21?,23-,24-,25-,26-,28-,29-/m0/s1. The first-order chi connectivity index (χ1) is 15.3. The summed E-state index contributed by atoms with van der Waals surface area (Å²) in [6.45, 7) is 7.32. The van der Waals surface area contributed by atoms with Gasteiger partial charge < -0.3 is 4.74 Å². The number of ketones is 1. The van der Waals surface area contributed by atoms with Crippen LogP contribution in [0.5, 0.6) is 0 Å². The largest absolute Gasteiger partial charge is 0.462 e. The average molecular weight is 443 g/mol. The zero-order valence-electron chi connectivity index (χ0n) is 20.9. The zero-order chi connectivity index (χ0) is 22.5. The number of fused-ring (bicyclic) bond motifs is 5. The average Bonchev–Trinajstić information content (AvgIpc) is 3.10. The van der Waals surface area contributed by atoms with Gasteiger partial charge >= 0.3 is 5.97 Å². The summed E-state index contributed by atoms with van der Waals surface area (Å²) in [6.07, 6.45) is 17.1. The van der Waals surface area contributed by atoms with Gasteiger partial charge in [-0.3, -0.25) is 9.59 Å². The highest BCUT2D eigenvalue weighted by molar-refractivity contribution is 5.79. The van der Waals surface area contributed by atoms with Crippen molar-refractivity contribution in [2.24, 2.45) is 46.3 Å². The Labute approximate surface area is 195 Å². The number of ether oxygens (including phenoxy) is 1. The molecule has 1 unspecified atom stereocenters. The van der Waals surface area contributed by atoms with Gasteiger partial charge in [-0.25, -0.2) is 0 Å². The van der Waals surface area contributed by atoms with Crippen LogP contribution in [0.15, 0.2) is 0 Å². The van der Waals surface area contributed by atoms with Crippen LogP contribution < -0.4 is 0 Å². The maximum absolute atomic E-state index is 12.8. The van der Waals surface area contributed by atoms with Gasteiger partial charge in [-0.15, -0.1) is 0 Å². The molecule has 0 aromatic carbocycles. The maximum atomic E-state index is 12.8. The smallest absolute Gasteiger partial charge is 0.306 e. The fraction of sp³-hybridized carbons (Fsp3) is 0.931. The Morgan fingerprint density at radius 3 is 2.44 bits per heavy atom. The zero-order valence-corrected chi connectivity index (χ0v) is 20.9. The summed E-state index contributed by atoms with van der Waals surface area (Å²) in [7, 11) is 0. The van der Waals surface area contributed by atoms with Crippen LogP contribution in [0.25, 0.3) is 0 Å². The molecule has 5 fully saturated rings. The molecule has 0 radical (unpaired) electrons. The number of carbonyl (C=O) groups excluding carboxylic acids is 2. The van der Waals surface area contributed by atoms with Crippen LogP contribution in [0.1, 0.15) is 117 Å². The molecule has 0 saturated heterocycles. The maximum Gasteiger partial charge on any atom is 0.306 e. The highest BCUT2D eigenvalue weighted by Gasteiger charge is 2.61. The predicted molar refractivity (Wildman–Crippen MR) is 127 cm³/mol. The first-order valence-electron chi connectivity index (χ1n) is 14.0. The minimum Gasteiger partial charge on any atom is -0.462 e. The Kier molecular flexibility index (Phi) is 6.25. The minimum atomic E-state index is 0.0686. The topological polar surface area (TPSA) is 43.4 Å². The van der Waals surface area contributed by atoms with Gasteiger partial charge in [-0.2, -0.15) is 0 Å². The lowest BCUT2D eigenvalue weighted by molar-refractivity contribution is -0.164. The lowest BCUT2D eigenvalue weighted by atomic mass is 9.45. The Balaban J connectivity index is 1.19. The van der Waals surface area contributed by atoms with Gasteiger partial charge in [-0.05, 0) is 92.3 Å². The molecule has 5 rings (SSSR count). The second-order valence-electron chi connectivity index (χ2n) is 13.2. The van der Waals surface area contributed by atoms with Crippen LogP contribution in [0.2, 0.25) is 0 Å². The molecule has 0 bridgehead atoms. The third-order valence-corrected chi connectivity index (χ3v) is 11.6. The van der Waals surface area contributed by atoms with Crippen molar-refractivity contribution in [1.82, 2.24) is 0 Å². The van der Waals surface area contributed by atoms with Gasteiger partial charge in [0.2, 0.25) is 0 Å². The van der Waals surface area contributed by atoms with E-state index in [0.29, 0.717) is 29.5 Å². The van der Waals surface area contributed by atoms with Gasteiger partial charge in [0.1, 0.15) is 11.9 Å². The lowest BCUT2D eigenvalue weighted by Gasteiger charge is -2.60. The van der Waals surface area contributed by atoms with Crippen molar-refractivity contribution in [2.45, 2.75) is 123 Å². The van der Waals surface area contributed by atoms with E-state index in [9.17, 15) is 9.59 Å². The van der Waals surface area contributed by atoms with Gasteiger partial charge in [0.15, 0.2) is 0 Å². The number of hydrogen-bond acceptors (Lipinski definition) is 3. The van der Waals surface area contributed by atoms with Crippen LogP contribution in [-0.4, -0.2) is 17.9 Å². The van der Waals surface area contributed by atoms with Crippen molar-refractivity contribution < 1.29 is 14.3 Å². The van der Waals surface area contributed by atoms with Gasteiger partial charge in [0, 0.05) is 24.7 Å². The van der Waals surface area contributed by atoms with E-state index in [4.69, 9.17) is 4.74 Å². The molecule has 0 amide bonds. The SMILES string of the molecule is CC1CCC(CCC(=O)O[C@H]2CC[C@H]3[C@@H]4CCC5CC(=O)CC[C@]5(C)[C@H]4CC[C@]23C)CC1. The Morgan fingerprint density at radius 1 is 0.906 bits per heavy atom. The van der Waals surface area contributed by atoms with E-state index in [0.717, 1.165) is 55.8 Å². The van der Waals surface area contributed by atoms with Crippen molar-refractivity contribution in [3.05, 3.63) is 0 Å². The molecule has 3 nitrogen and oxygen atoms in total. The molecule has 5 aliphatic rings. The molecule has 0 aromatic heterocycles. The Hall–Kier alpha value is -0.860. The fourth-order valence-corrected chi connectivity index (χ4v) is 9.35. The van der Waals surface area contributed by atoms with E-state index < -0.39 is 0 Å². The predicted octanol–water partition coefficient (Wildman–Crippen LogP) is 7.12. The summed E-state index contributed by atoms with van der Waals surface area (Å²) >= 11 is 0. The number of esters is 1. The van der Waals surface area contributed by atoms with Crippen molar-refractivity contribution in [3.8, 4) is 0 Å². The molecule has 5 aliphatic carbocycles. The van der Waals surface area contributed by atoms with E-state index in [1.165, 1.54) is 57.8 Å². The third-order valence-electron chi connectivity index (χ3n) is 11.6. The number of Topliss-reactive ketones (excluding diaryl/α,β-unsaturated/α-hetero) is 1. The third kappa shape index (κ3) is 3.98. The first kappa shape index (κ1) is 22.9. The van der Waals surface area contributed by atoms with Crippen molar-refractivity contribution >= 4 is 11.8 Å². The van der Waals surface area contributed by atoms with E-state index in [2.05, 4.69) is 20.8 Å². The molecule has 5 saturated carbocycles. The number of carbonyl (C=O) groups is 2. The lowest BCUT2D eigenvalue weighted by Crippen LogP contribution is -2.54. The second-order valence-corrected chi connectivity index (χ2v) is 13.2. The van der Waals surface area contributed by atoms with Crippen LogP contribution in [0.4, 0.5) is 0 Å². The van der Waals surface area contributed by atoms with E-state index >= 15 is 0 Å². The van der Waals surface area contributed by atoms with E-state index in [1.807, 2.05) is 0 Å². The highest BCUT2D eigenvalue weighted by Crippen LogP contribution is 2.66. The van der Waals surface area contributed by atoms with Crippen LogP contribution in [0, 0.1) is 46.3 Å². The summed E-state index contributed by atoms with van der Waals surface area (Å²) in [4.78, 5) is 24.9. The van der Waals surface area contributed by atoms with Crippen molar-refractivity contribution in [3.63, 3.8) is 0 Å². The Bertz CT molecular complexity index is 722. The van der Waals surface area contributed by atoms with Crippen molar-refractivity contribution in [1.29, 1.82) is 0 Å². The second kappa shape index (κ2) is 8.73. The fourth-order valence-electron chi connectivity index (χ4n) is 9.35. The molecule has 3 heteroatoms. The Morgan fingerprint density at radius 2 is 1.66 bits per heavy atom. The quantitative estimate of drug-likeness (QED) is 0.435. The number of rotatable bonds is 4. The summed E-state index contributed by atoms with van der Waals surface area (Å²) in [5.74, 6) is 5.05. The van der Waals surface area contributed by atoms with Crippen LogP contribution in [-0.2, 0) is 14.3 Å². The van der Waals surface area contributed by atoms with Gasteiger partial charge in [0.05, 0.1) is 0 Å². The molecule has 0 aromatic rings. The molecule has 0 heterocycles. The number of hydrogen-bond donors (Lipinski definition) is 0. The molecule has 0 N–H and O–H groups in total. The molecule has 0 spiro atoms. The van der Waals surface area contributed by atoms with Crippen LogP contribution in [0.3, 0.4) is 0 Å². The van der Waals surface area contributed by atoms with Gasteiger partial charge in [0.25, 0.3) is 0 Å². The summed E-state index contributed by atoms with van der Waals surface area (Å²) in [5, 5.41) is 0. The molecular weight excluding hydrogens is 396 g/mol. The molecular formula is C29H46O3. The minimum absolute atomic E-state index is 0.0686. The van der Waals surface area contributed by atoms with Crippen LogP contribution >= 0.6 is 0 Å². The molecule has 7 atom stereocenters. The molecule has 0 aliphatic heterocycles. The summed E-state index contributed by atoms with van der Waals surface area (Å²) < 4.78 is 6.24. The van der Waals surface area contributed by atoms with E-state index in [-0.39, 0.29) is 17.5 Å². The van der Waals surface area contributed by atoms with E-state index in [1.54, 1.807) is 0 Å².